The second-order valence-corrected chi connectivity index (χ2v) is 9.22. The number of para-hydroxylation sites is 2. The highest BCUT2D eigenvalue weighted by molar-refractivity contribution is 8.13. The van der Waals surface area contributed by atoms with Crippen LogP contribution < -0.4 is 30.1 Å². The first kappa shape index (κ1) is 27.8. The molecule has 0 aromatic heterocycles. The van der Waals surface area contributed by atoms with Gasteiger partial charge in [0.25, 0.3) is 0 Å². The second-order valence-electron chi connectivity index (χ2n) is 7.58. The molecule has 0 unspecified atom stereocenters. The van der Waals surface area contributed by atoms with Gasteiger partial charge in [-0.3, -0.25) is 4.99 Å². The monoisotopic (exact) mass is 538 g/mol. The van der Waals surface area contributed by atoms with E-state index in [9.17, 15) is 9.59 Å². The molecule has 0 aliphatic carbocycles. The summed E-state index contributed by atoms with van der Waals surface area (Å²) in [5.41, 5.74) is 2.63. The lowest BCUT2D eigenvalue weighted by molar-refractivity contribution is -0.473. The Bertz CT molecular complexity index is 1290. The van der Waals surface area contributed by atoms with Gasteiger partial charge in [0, 0.05) is 0 Å². The van der Waals surface area contributed by atoms with E-state index in [1.807, 2.05) is 61.0 Å². The van der Waals surface area contributed by atoms with Crippen LogP contribution in [-0.2, 0) is 6.54 Å². The van der Waals surface area contributed by atoms with Crippen LogP contribution >= 0.6 is 23.5 Å². The van der Waals surface area contributed by atoms with E-state index in [2.05, 4.69) is 20.6 Å². The van der Waals surface area contributed by atoms with Crippen LogP contribution in [-0.4, -0.2) is 48.9 Å². The molecule has 10 heteroatoms. The van der Waals surface area contributed by atoms with Crippen LogP contribution in [0.1, 0.15) is 26.3 Å². The minimum atomic E-state index is -0.296. The molecule has 3 rings (SSSR count). The zero-order valence-corrected chi connectivity index (χ0v) is 22.7. The average Bonchev–Trinajstić information content (AvgIpc) is 2.95. The molecule has 8 nitrogen and oxygen atoms in total. The third-order valence-electron chi connectivity index (χ3n) is 5.21. The van der Waals surface area contributed by atoms with Crippen LogP contribution in [0.15, 0.2) is 72.8 Å². The molecule has 3 aromatic carbocycles. The number of carbonyl (C=O) groups is 2. The van der Waals surface area contributed by atoms with Crippen LogP contribution in [0.25, 0.3) is 0 Å². The van der Waals surface area contributed by atoms with E-state index in [0.29, 0.717) is 33.8 Å². The second kappa shape index (κ2) is 14.1. The van der Waals surface area contributed by atoms with Crippen LogP contribution in [0.5, 0.6) is 11.5 Å². The SMILES string of the molecule is COc1cccc(C[NH+]=C(NC(=O)c2ccc(C(=O)NC(=[NH+]c3ccccc3OC)SC)cc2)SC)c1. The van der Waals surface area contributed by atoms with Crippen LogP contribution in [0.4, 0.5) is 5.69 Å². The molecular formula is C27H30N4O4S2+2. The van der Waals surface area contributed by atoms with Crippen molar-refractivity contribution >= 4 is 51.4 Å². The highest BCUT2D eigenvalue weighted by Crippen LogP contribution is 2.17. The molecule has 4 N–H and O–H groups in total. The number of hydrogen-bond donors (Lipinski definition) is 4. The van der Waals surface area contributed by atoms with Gasteiger partial charge in [0.05, 0.1) is 25.3 Å². The van der Waals surface area contributed by atoms with Gasteiger partial charge in [0.1, 0.15) is 12.3 Å². The Hall–Kier alpha value is -3.76. The first-order valence-corrected chi connectivity index (χ1v) is 13.7. The van der Waals surface area contributed by atoms with E-state index >= 15 is 0 Å². The molecule has 0 aliphatic rings. The van der Waals surface area contributed by atoms with E-state index in [0.717, 1.165) is 17.0 Å². The van der Waals surface area contributed by atoms with Crippen molar-refractivity contribution in [3.63, 3.8) is 0 Å². The molecule has 0 spiro atoms. The number of carbonyl (C=O) groups excluding carboxylic acids is 2. The van der Waals surface area contributed by atoms with Crippen molar-refractivity contribution in [3.05, 3.63) is 89.5 Å². The minimum Gasteiger partial charge on any atom is -0.497 e. The maximum atomic E-state index is 12.8. The number of amidine groups is 2. The molecule has 0 atom stereocenters. The molecule has 0 aliphatic heterocycles. The topological polar surface area (TPSA) is 105 Å². The summed E-state index contributed by atoms with van der Waals surface area (Å²) in [4.78, 5) is 32.0. The first-order chi connectivity index (χ1) is 18.0. The molecule has 0 heterocycles. The summed E-state index contributed by atoms with van der Waals surface area (Å²) in [7, 11) is 3.21. The summed E-state index contributed by atoms with van der Waals surface area (Å²) in [5, 5.41) is 6.91. The Morgan fingerprint density at radius 1 is 0.784 bits per heavy atom. The summed E-state index contributed by atoms with van der Waals surface area (Å²) in [5.74, 6) is 0.868. The van der Waals surface area contributed by atoms with Crippen molar-refractivity contribution in [1.29, 1.82) is 0 Å². The van der Waals surface area contributed by atoms with Crippen LogP contribution in [0.3, 0.4) is 0 Å². The van der Waals surface area contributed by atoms with Gasteiger partial charge >= 0.3 is 22.1 Å². The van der Waals surface area contributed by atoms with Gasteiger partial charge in [0.2, 0.25) is 0 Å². The van der Waals surface area contributed by atoms with Gasteiger partial charge in [-0.2, -0.15) is 0 Å². The molecule has 0 saturated carbocycles. The molecule has 192 valence electrons. The molecule has 3 aromatic rings. The fourth-order valence-corrected chi connectivity index (χ4v) is 4.08. The molecular weight excluding hydrogens is 508 g/mol. The lowest BCUT2D eigenvalue weighted by atomic mass is 10.1. The van der Waals surface area contributed by atoms with Crippen molar-refractivity contribution < 1.29 is 29.0 Å². The fraction of sp³-hybridized carbons (Fsp3) is 0.185. The molecule has 0 fully saturated rings. The van der Waals surface area contributed by atoms with Crippen molar-refractivity contribution in [2.24, 2.45) is 0 Å². The van der Waals surface area contributed by atoms with Gasteiger partial charge in [-0.05, 0) is 90.1 Å². The number of nitrogens with one attached hydrogen (secondary N) is 4. The standard InChI is InChI=1S/C27H28N4O4S2/c1-34-21-9-7-8-18(16-21)17-28-26(36-3)30-24(32)19-12-14-20(15-13-19)25(33)31-27(37-4)29-22-10-5-6-11-23(22)35-2/h5-16H,17H2,1-4H3,(H,28,30,32)(H,29,31,33)/p+2. The summed E-state index contributed by atoms with van der Waals surface area (Å²) in [6.45, 7) is 0.532. The maximum absolute atomic E-state index is 12.8. The summed E-state index contributed by atoms with van der Waals surface area (Å²) >= 11 is 2.76. The largest absolute Gasteiger partial charge is 0.497 e. The smallest absolute Gasteiger partial charge is 0.339 e. The number of thioether (sulfide) groups is 2. The number of benzene rings is 3. The van der Waals surface area contributed by atoms with E-state index in [1.54, 1.807) is 38.5 Å². The van der Waals surface area contributed by atoms with E-state index < -0.39 is 0 Å². The van der Waals surface area contributed by atoms with Crippen molar-refractivity contribution in [1.82, 2.24) is 10.6 Å². The number of amides is 2. The number of methoxy groups -OCH3 is 2. The molecule has 2 amide bonds. The van der Waals surface area contributed by atoms with Crippen molar-refractivity contribution in [3.8, 4) is 11.5 Å². The number of rotatable bonds is 7. The molecule has 37 heavy (non-hydrogen) atoms. The Kier molecular flexibility index (Phi) is 10.6. The van der Waals surface area contributed by atoms with Crippen LogP contribution in [0.2, 0.25) is 0 Å². The quantitative estimate of drug-likeness (QED) is 0.267. The lowest BCUT2D eigenvalue weighted by Gasteiger charge is -2.04. The normalized spacial score (nSPS) is 11.6. The van der Waals surface area contributed by atoms with Crippen molar-refractivity contribution in [2.45, 2.75) is 6.54 Å². The number of ether oxygens (including phenoxy) is 2. The first-order valence-electron chi connectivity index (χ1n) is 11.3. The van der Waals surface area contributed by atoms with Crippen LogP contribution in [0, 0.1) is 0 Å². The number of hydrogen-bond acceptors (Lipinski definition) is 6. The third-order valence-corrected chi connectivity index (χ3v) is 6.48. The highest BCUT2D eigenvalue weighted by atomic mass is 32.2. The lowest BCUT2D eigenvalue weighted by Crippen LogP contribution is -2.74. The van der Waals surface area contributed by atoms with Gasteiger partial charge in [-0.15, -0.1) is 0 Å². The summed E-state index contributed by atoms with van der Waals surface area (Å²) < 4.78 is 10.6. The van der Waals surface area contributed by atoms with Gasteiger partial charge in [-0.25, -0.2) is 25.2 Å². The molecule has 0 bridgehead atoms. The summed E-state index contributed by atoms with van der Waals surface area (Å²) in [6, 6.07) is 21.6. The Morgan fingerprint density at radius 2 is 1.41 bits per heavy atom. The van der Waals surface area contributed by atoms with E-state index in [1.165, 1.54) is 23.5 Å². The van der Waals surface area contributed by atoms with Crippen molar-refractivity contribution in [2.75, 3.05) is 26.7 Å². The highest BCUT2D eigenvalue weighted by Gasteiger charge is 2.19. The summed E-state index contributed by atoms with van der Waals surface area (Å²) in [6.07, 6.45) is 3.73. The third kappa shape index (κ3) is 8.12. The Balaban J connectivity index is 1.64. The predicted molar refractivity (Wildman–Crippen MR) is 150 cm³/mol. The zero-order valence-electron chi connectivity index (χ0n) is 21.1. The predicted octanol–water partition coefficient (Wildman–Crippen LogP) is 1.29. The van der Waals surface area contributed by atoms with E-state index in [4.69, 9.17) is 9.47 Å². The minimum absolute atomic E-state index is 0.274. The van der Waals surface area contributed by atoms with Gasteiger partial charge < -0.3 is 9.47 Å². The Morgan fingerprint density at radius 3 is 2.00 bits per heavy atom. The van der Waals surface area contributed by atoms with E-state index in [-0.39, 0.29) is 11.8 Å². The van der Waals surface area contributed by atoms with Gasteiger partial charge in [0.15, 0.2) is 11.4 Å². The zero-order chi connectivity index (χ0) is 26.6. The molecule has 0 saturated heterocycles. The Labute approximate surface area is 225 Å². The van der Waals surface area contributed by atoms with Gasteiger partial charge in [-0.1, -0.05) is 24.3 Å². The average molecular weight is 539 g/mol. The maximum Gasteiger partial charge on any atom is 0.339 e. The fourth-order valence-electron chi connectivity index (χ4n) is 3.26. The molecule has 0 radical (unpaired) electrons.